The van der Waals surface area contributed by atoms with Crippen LogP contribution < -0.4 is 24.0 Å². The average molecular weight is 348 g/mol. The first kappa shape index (κ1) is 18.3. The maximum atomic E-state index is 5.67. The monoisotopic (exact) mass is 347 g/mol. The van der Waals surface area contributed by atoms with Crippen molar-refractivity contribution in [1.82, 2.24) is 0 Å². The number of alkyl halides is 1. The van der Waals surface area contributed by atoms with Gasteiger partial charge in [-0.2, -0.15) is 0 Å². The van der Waals surface area contributed by atoms with Gasteiger partial charge in [0.05, 0.1) is 27.2 Å². The zero-order chi connectivity index (χ0) is 10.9. The van der Waals surface area contributed by atoms with Gasteiger partial charge in [-0.3, -0.25) is 0 Å². The Morgan fingerprint density at radius 2 is 1.40 bits per heavy atom. The molecule has 0 unspecified atom stereocenters. The minimum atomic E-state index is 0. The summed E-state index contributed by atoms with van der Waals surface area (Å²) < 4.78 is 1.17. The molecule has 0 saturated carbocycles. The lowest BCUT2D eigenvalue weighted by atomic mass is 10.2. The quantitative estimate of drug-likeness (QED) is 0.249. The van der Waals surface area contributed by atoms with Gasteiger partial charge < -0.3 is 28.5 Å². The van der Waals surface area contributed by atoms with Gasteiger partial charge in [-0.15, -0.1) is 11.6 Å². The second-order valence-corrected chi connectivity index (χ2v) is 5.22. The van der Waals surface area contributed by atoms with Crippen molar-refractivity contribution in [3.8, 4) is 0 Å². The normalized spacial score (nSPS) is 11.2. The summed E-state index contributed by atoms with van der Waals surface area (Å²) in [4.78, 5) is 0. The van der Waals surface area contributed by atoms with E-state index in [0.29, 0.717) is 0 Å². The third-order valence-corrected chi connectivity index (χ3v) is 3.03. The van der Waals surface area contributed by atoms with Crippen LogP contribution in [-0.2, 0) is 0 Å². The first-order valence-corrected chi connectivity index (χ1v) is 6.54. The largest absolute Gasteiger partial charge is 1.00 e. The zero-order valence-corrected chi connectivity index (χ0v) is 13.5. The van der Waals surface area contributed by atoms with Crippen LogP contribution in [0.4, 0.5) is 0 Å². The van der Waals surface area contributed by atoms with E-state index >= 15 is 0 Å². The fraction of sp³-hybridized carbons (Fsp3) is 1.00. The second-order valence-electron chi connectivity index (χ2n) is 4.84. The Bertz CT molecular complexity index is 129. The van der Waals surface area contributed by atoms with Gasteiger partial charge in [-0.1, -0.05) is 19.8 Å². The first-order valence-electron chi connectivity index (χ1n) is 6.00. The molecule has 3 heteroatoms. The minimum absolute atomic E-state index is 0. The van der Waals surface area contributed by atoms with E-state index in [1.807, 2.05) is 0 Å². The Balaban J connectivity index is 0. The molecule has 0 rings (SSSR count). The van der Waals surface area contributed by atoms with Crippen molar-refractivity contribution in [2.24, 2.45) is 0 Å². The Hall–Kier alpha value is 0.980. The Morgan fingerprint density at radius 3 is 1.87 bits per heavy atom. The van der Waals surface area contributed by atoms with Crippen molar-refractivity contribution in [1.29, 1.82) is 0 Å². The van der Waals surface area contributed by atoms with Crippen LogP contribution >= 0.6 is 11.6 Å². The van der Waals surface area contributed by atoms with Crippen LogP contribution in [0, 0.1) is 0 Å². The number of rotatable bonds is 9. The molecule has 0 aromatic heterocycles. The first-order chi connectivity index (χ1) is 6.62. The molecule has 0 aromatic rings. The van der Waals surface area contributed by atoms with E-state index in [2.05, 4.69) is 21.0 Å². The third kappa shape index (κ3) is 12.9. The molecule has 0 aromatic carbocycles. The number of nitrogens with zero attached hydrogens (tertiary/aromatic N) is 1. The minimum Gasteiger partial charge on any atom is -1.00 e. The lowest BCUT2D eigenvalue weighted by Crippen LogP contribution is -3.00. The summed E-state index contributed by atoms with van der Waals surface area (Å²) in [6.45, 7) is 4.86. The molecule has 0 aliphatic carbocycles. The van der Waals surface area contributed by atoms with Gasteiger partial charge in [0.2, 0.25) is 0 Å². The average Bonchev–Trinajstić information content (AvgIpc) is 2.13. The van der Waals surface area contributed by atoms with Gasteiger partial charge in [0, 0.05) is 5.88 Å². The van der Waals surface area contributed by atoms with E-state index in [4.69, 9.17) is 11.6 Å². The highest BCUT2D eigenvalue weighted by Gasteiger charge is 2.12. The summed E-state index contributed by atoms with van der Waals surface area (Å²) in [6, 6.07) is 0. The molecule has 0 heterocycles. The predicted molar refractivity (Wildman–Crippen MR) is 65.9 cm³/mol. The van der Waals surface area contributed by atoms with Crippen molar-refractivity contribution in [3.63, 3.8) is 0 Å². The number of quaternary nitrogens is 1. The van der Waals surface area contributed by atoms with E-state index in [1.54, 1.807) is 0 Å². The smallest absolute Gasteiger partial charge is 0.0782 e. The summed E-state index contributed by atoms with van der Waals surface area (Å²) in [5, 5.41) is 0. The molecule has 94 valence electrons. The molecule has 0 radical (unpaired) electrons. The van der Waals surface area contributed by atoms with Gasteiger partial charge in [0.1, 0.15) is 0 Å². The van der Waals surface area contributed by atoms with E-state index in [9.17, 15) is 0 Å². The standard InChI is InChI=1S/C12H27ClN.HI/c1-4-5-6-8-11-14(2,3)12-9-7-10-13;/h4-12H2,1-3H3;1H/q+1;/p-1. The van der Waals surface area contributed by atoms with Crippen LogP contribution in [0.15, 0.2) is 0 Å². The van der Waals surface area contributed by atoms with Crippen molar-refractivity contribution >= 4 is 11.6 Å². The summed E-state index contributed by atoms with van der Waals surface area (Å²) in [5.74, 6) is 0.815. The number of halogens is 2. The molecule has 0 bridgehead atoms. The number of hydrogen-bond donors (Lipinski definition) is 0. The van der Waals surface area contributed by atoms with Crippen molar-refractivity contribution < 1.29 is 28.5 Å². The van der Waals surface area contributed by atoms with Crippen LogP contribution in [0.1, 0.15) is 45.4 Å². The fourth-order valence-corrected chi connectivity index (χ4v) is 1.90. The van der Waals surface area contributed by atoms with E-state index in [1.165, 1.54) is 49.7 Å². The van der Waals surface area contributed by atoms with Crippen molar-refractivity contribution in [2.75, 3.05) is 33.1 Å². The van der Waals surface area contributed by atoms with Crippen LogP contribution in [0.25, 0.3) is 0 Å². The molecule has 0 N–H and O–H groups in total. The van der Waals surface area contributed by atoms with E-state index < -0.39 is 0 Å². The Kier molecular flexibility index (Phi) is 14.0. The summed E-state index contributed by atoms with van der Waals surface area (Å²) in [6.07, 6.45) is 7.93. The van der Waals surface area contributed by atoms with Crippen LogP contribution in [0.5, 0.6) is 0 Å². The van der Waals surface area contributed by atoms with E-state index in [-0.39, 0.29) is 24.0 Å². The van der Waals surface area contributed by atoms with Crippen molar-refractivity contribution in [3.05, 3.63) is 0 Å². The van der Waals surface area contributed by atoms with Gasteiger partial charge in [0.25, 0.3) is 0 Å². The fourth-order valence-electron chi connectivity index (χ4n) is 1.71. The lowest BCUT2D eigenvalue weighted by Gasteiger charge is -2.29. The highest BCUT2D eigenvalue weighted by atomic mass is 127. The third-order valence-electron chi connectivity index (χ3n) is 2.76. The molecule has 0 aliphatic heterocycles. The molecule has 0 fully saturated rings. The molecule has 15 heavy (non-hydrogen) atoms. The molecule has 1 nitrogen and oxygen atoms in total. The lowest BCUT2D eigenvalue weighted by molar-refractivity contribution is -0.890. The predicted octanol–water partition coefficient (Wildman–Crippen LogP) is 0.666. The van der Waals surface area contributed by atoms with Gasteiger partial charge in [-0.05, 0) is 25.7 Å². The molecular weight excluding hydrogens is 320 g/mol. The van der Waals surface area contributed by atoms with Gasteiger partial charge in [0.15, 0.2) is 0 Å². The SMILES string of the molecule is CCCCCC[N+](C)(C)CCCCCl.[I-]. The highest BCUT2D eigenvalue weighted by Crippen LogP contribution is 2.07. The molecule has 0 spiro atoms. The summed E-state index contributed by atoms with van der Waals surface area (Å²) in [5.41, 5.74) is 0. The maximum Gasteiger partial charge on any atom is 0.0782 e. The highest BCUT2D eigenvalue weighted by molar-refractivity contribution is 6.17. The second kappa shape index (κ2) is 11.5. The molecule has 0 aliphatic rings. The summed E-state index contributed by atoms with van der Waals surface area (Å²) >= 11 is 5.67. The van der Waals surface area contributed by atoms with Gasteiger partial charge >= 0.3 is 0 Å². The van der Waals surface area contributed by atoms with Crippen LogP contribution in [0.3, 0.4) is 0 Å². The molecule has 0 amide bonds. The van der Waals surface area contributed by atoms with E-state index in [0.717, 1.165) is 12.3 Å². The number of unbranched alkanes of at least 4 members (excludes halogenated alkanes) is 4. The Morgan fingerprint density at radius 1 is 0.867 bits per heavy atom. The zero-order valence-electron chi connectivity index (χ0n) is 10.6. The Labute approximate surface area is 118 Å². The maximum absolute atomic E-state index is 5.67. The van der Waals surface area contributed by atoms with Gasteiger partial charge in [-0.25, -0.2) is 0 Å². The molecule has 0 saturated heterocycles. The number of hydrogen-bond acceptors (Lipinski definition) is 0. The van der Waals surface area contributed by atoms with Crippen LogP contribution in [0.2, 0.25) is 0 Å². The summed E-state index contributed by atoms with van der Waals surface area (Å²) in [7, 11) is 4.67. The molecule has 0 atom stereocenters. The van der Waals surface area contributed by atoms with Crippen molar-refractivity contribution in [2.45, 2.75) is 45.4 Å². The molecular formula is C12H27ClIN. The topological polar surface area (TPSA) is 0 Å². The van der Waals surface area contributed by atoms with Crippen LogP contribution in [-0.4, -0.2) is 37.5 Å².